The van der Waals surface area contributed by atoms with Crippen LogP contribution in [-0.4, -0.2) is 37.1 Å². The topological polar surface area (TPSA) is 15.3 Å². The van der Waals surface area contributed by atoms with Crippen LogP contribution in [0, 0.1) is 10.8 Å². The van der Waals surface area contributed by atoms with Crippen molar-refractivity contribution in [3.63, 3.8) is 0 Å². The Morgan fingerprint density at radius 2 is 1.75 bits per heavy atom. The van der Waals surface area contributed by atoms with Crippen LogP contribution >= 0.6 is 0 Å². The van der Waals surface area contributed by atoms with Crippen LogP contribution in [0.15, 0.2) is 0 Å². The van der Waals surface area contributed by atoms with Gasteiger partial charge in [0.15, 0.2) is 0 Å². The summed E-state index contributed by atoms with van der Waals surface area (Å²) < 4.78 is 0. The average molecular weight is 224 g/mol. The van der Waals surface area contributed by atoms with Crippen molar-refractivity contribution in [3.8, 4) is 0 Å². The summed E-state index contributed by atoms with van der Waals surface area (Å²) in [7, 11) is 2.27. The van der Waals surface area contributed by atoms with Gasteiger partial charge in [-0.3, -0.25) is 0 Å². The SMILES string of the molecule is CN1CCCCC1CNC1C(C)(C)C1(C)C. The van der Waals surface area contributed by atoms with E-state index in [1.165, 1.54) is 32.4 Å². The van der Waals surface area contributed by atoms with Crippen molar-refractivity contribution in [1.29, 1.82) is 0 Å². The number of piperidine rings is 1. The molecule has 1 saturated heterocycles. The number of nitrogens with zero attached hydrogens (tertiary/aromatic N) is 1. The van der Waals surface area contributed by atoms with E-state index in [2.05, 4.69) is 45.0 Å². The second-order valence-electron chi connectivity index (χ2n) is 6.91. The highest BCUT2D eigenvalue weighted by Gasteiger charge is 2.64. The van der Waals surface area contributed by atoms with Gasteiger partial charge in [-0.25, -0.2) is 0 Å². The van der Waals surface area contributed by atoms with Gasteiger partial charge in [0.05, 0.1) is 0 Å². The van der Waals surface area contributed by atoms with Crippen LogP contribution < -0.4 is 5.32 Å². The summed E-state index contributed by atoms with van der Waals surface area (Å²) in [5.74, 6) is 0. The molecule has 1 aliphatic carbocycles. The summed E-state index contributed by atoms with van der Waals surface area (Å²) in [5, 5.41) is 3.80. The highest BCUT2D eigenvalue weighted by molar-refractivity contribution is 5.17. The van der Waals surface area contributed by atoms with Gasteiger partial charge in [-0.1, -0.05) is 34.1 Å². The molecule has 1 aliphatic heterocycles. The number of hydrogen-bond acceptors (Lipinski definition) is 2. The third kappa shape index (κ3) is 1.91. The molecule has 2 nitrogen and oxygen atoms in total. The first-order valence-electron chi connectivity index (χ1n) is 6.81. The third-order valence-corrected chi connectivity index (χ3v) is 5.50. The summed E-state index contributed by atoms with van der Waals surface area (Å²) in [5.41, 5.74) is 0.945. The molecule has 1 atom stereocenters. The van der Waals surface area contributed by atoms with Gasteiger partial charge in [-0.15, -0.1) is 0 Å². The first-order valence-corrected chi connectivity index (χ1v) is 6.81. The Balaban J connectivity index is 1.80. The minimum absolute atomic E-state index is 0.472. The summed E-state index contributed by atoms with van der Waals surface area (Å²) >= 11 is 0. The van der Waals surface area contributed by atoms with Crippen LogP contribution in [-0.2, 0) is 0 Å². The lowest BCUT2D eigenvalue weighted by molar-refractivity contribution is 0.179. The van der Waals surface area contributed by atoms with E-state index < -0.39 is 0 Å². The fourth-order valence-corrected chi connectivity index (χ4v) is 3.36. The van der Waals surface area contributed by atoms with E-state index in [4.69, 9.17) is 0 Å². The first kappa shape index (κ1) is 12.4. The molecule has 2 aliphatic rings. The van der Waals surface area contributed by atoms with E-state index in [1.807, 2.05) is 0 Å². The maximum atomic E-state index is 3.80. The Morgan fingerprint density at radius 1 is 1.12 bits per heavy atom. The third-order valence-electron chi connectivity index (χ3n) is 5.50. The standard InChI is InChI=1S/C14H28N2/c1-13(2)12(14(13,3)4)15-10-11-8-6-7-9-16(11)5/h11-12,15H,6-10H2,1-5H3. The van der Waals surface area contributed by atoms with Crippen LogP contribution in [0.3, 0.4) is 0 Å². The maximum absolute atomic E-state index is 3.80. The van der Waals surface area contributed by atoms with Gasteiger partial charge in [0.1, 0.15) is 0 Å². The summed E-state index contributed by atoms with van der Waals surface area (Å²) in [4.78, 5) is 2.53. The van der Waals surface area contributed by atoms with Gasteiger partial charge in [-0.2, -0.15) is 0 Å². The van der Waals surface area contributed by atoms with Gasteiger partial charge in [-0.05, 0) is 37.3 Å². The van der Waals surface area contributed by atoms with Crippen LogP contribution in [0.2, 0.25) is 0 Å². The Kier molecular flexibility index (Phi) is 3.09. The van der Waals surface area contributed by atoms with E-state index >= 15 is 0 Å². The lowest BCUT2D eigenvalue weighted by atomic mass is 10.0. The van der Waals surface area contributed by atoms with E-state index in [-0.39, 0.29) is 0 Å². The first-order chi connectivity index (χ1) is 7.37. The molecule has 2 heteroatoms. The lowest BCUT2D eigenvalue weighted by Crippen LogP contribution is -2.44. The summed E-state index contributed by atoms with van der Waals surface area (Å²) in [6.07, 6.45) is 4.17. The van der Waals surface area contributed by atoms with E-state index in [9.17, 15) is 0 Å². The second kappa shape index (κ2) is 3.99. The molecule has 2 rings (SSSR count). The Bertz CT molecular complexity index is 243. The molecule has 0 aromatic carbocycles. The van der Waals surface area contributed by atoms with Crippen molar-refractivity contribution >= 4 is 0 Å². The molecule has 1 heterocycles. The van der Waals surface area contributed by atoms with Crippen molar-refractivity contribution in [1.82, 2.24) is 10.2 Å². The van der Waals surface area contributed by atoms with E-state index in [0.29, 0.717) is 16.9 Å². The maximum Gasteiger partial charge on any atom is 0.0217 e. The smallest absolute Gasteiger partial charge is 0.0217 e. The molecule has 0 spiro atoms. The Labute approximate surface area is 101 Å². The molecule has 1 saturated carbocycles. The molecule has 1 N–H and O–H groups in total. The molecule has 1 unspecified atom stereocenters. The molecule has 2 fully saturated rings. The molecular weight excluding hydrogens is 196 g/mol. The van der Waals surface area contributed by atoms with E-state index in [1.54, 1.807) is 0 Å². The lowest BCUT2D eigenvalue weighted by Gasteiger charge is -2.32. The largest absolute Gasteiger partial charge is 0.311 e. The fourth-order valence-electron chi connectivity index (χ4n) is 3.36. The Morgan fingerprint density at radius 3 is 2.25 bits per heavy atom. The minimum Gasteiger partial charge on any atom is -0.311 e. The summed E-state index contributed by atoms with van der Waals surface area (Å²) in [6.45, 7) is 12.0. The number of nitrogens with one attached hydrogen (secondary N) is 1. The molecule has 0 radical (unpaired) electrons. The minimum atomic E-state index is 0.472. The number of likely N-dealkylation sites (tertiary alicyclic amines) is 1. The molecule has 0 aromatic rings. The van der Waals surface area contributed by atoms with Crippen LogP contribution in [0.1, 0.15) is 47.0 Å². The van der Waals surface area contributed by atoms with Crippen molar-refractivity contribution in [3.05, 3.63) is 0 Å². The predicted molar refractivity (Wildman–Crippen MR) is 69.6 cm³/mol. The Hall–Kier alpha value is -0.0800. The normalized spacial score (nSPS) is 33.9. The number of hydrogen-bond donors (Lipinski definition) is 1. The number of likely N-dealkylation sites (N-methyl/N-ethyl adjacent to an activating group) is 1. The quantitative estimate of drug-likeness (QED) is 0.792. The molecule has 0 amide bonds. The molecule has 0 aromatic heterocycles. The highest BCUT2D eigenvalue weighted by Crippen LogP contribution is 2.62. The molecule has 94 valence electrons. The van der Waals surface area contributed by atoms with Gasteiger partial charge >= 0.3 is 0 Å². The number of rotatable bonds is 3. The van der Waals surface area contributed by atoms with Gasteiger partial charge < -0.3 is 10.2 Å². The second-order valence-corrected chi connectivity index (χ2v) is 6.91. The zero-order valence-corrected chi connectivity index (χ0v) is 11.6. The zero-order valence-electron chi connectivity index (χ0n) is 11.6. The van der Waals surface area contributed by atoms with Gasteiger partial charge in [0, 0.05) is 18.6 Å². The average Bonchev–Trinajstić information content (AvgIpc) is 2.58. The monoisotopic (exact) mass is 224 g/mol. The highest BCUT2D eigenvalue weighted by atomic mass is 15.2. The zero-order chi connectivity index (χ0) is 12.0. The van der Waals surface area contributed by atoms with Crippen molar-refractivity contribution in [2.45, 2.75) is 59.0 Å². The van der Waals surface area contributed by atoms with Crippen LogP contribution in [0.4, 0.5) is 0 Å². The van der Waals surface area contributed by atoms with Crippen LogP contribution in [0.5, 0.6) is 0 Å². The molecular formula is C14H28N2. The molecule has 0 bridgehead atoms. The van der Waals surface area contributed by atoms with Crippen molar-refractivity contribution in [2.75, 3.05) is 20.1 Å². The van der Waals surface area contributed by atoms with Crippen molar-refractivity contribution < 1.29 is 0 Å². The fraction of sp³-hybridized carbons (Fsp3) is 1.00. The molecule has 16 heavy (non-hydrogen) atoms. The summed E-state index contributed by atoms with van der Waals surface area (Å²) in [6, 6.07) is 1.47. The van der Waals surface area contributed by atoms with E-state index in [0.717, 1.165) is 6.04 Å². The van der Waals surface area contributed by atoms with Gasteiger partial charge in [0.2, 0.25) is 0 Å². The van der Waals surface area contributed by atoms with Gasteiger partial charge in [0.25, 0.3) is 0 Å². The van der Waals surface area contributed by atoms with Crippen molar-refractivity contribution in [2.24, 2.45) is 10.8 Å². The van der Waals surface area contributed by atoms with Crippen LogP contribution in [0.25, 0.3) is 0 Å². The predicted octanol–water partition coefficient (Wildman–Crippen LogP) is 2.49.